The van der Waals surface area contributed by atoms with Crippen molar-refractivity contribution in [1.82, 2.24) is 0 Å². The molecule has 2 nitrogen and oxygen atoms in total. The molecule has 2 N–H and O–H groups in total. The van der Waals surface area contributed by atoms with E-state index in [4.69, 9.17) is 10.5 Å². The van der Waals surface area contributed by atoms with E-state index in [0.717, 1.165) is 8.95 Å². The second kappa shape index (κ2) is 5.71. The molecule has 0 heterocycles. The first-order chi connectivity index (χ1) is 8.56. The molecule has 0 aliphatic rings. The van der Waals surface area contributed by atoms with Crippen molar-refractivity contribution in [2.75, 3.05) is 5.73 Å². The predicted molar refractivity (Wildman–Crippen MR) is 77.0 cm³/mol. The Morgan fingerprint density at radius 3 is 2.56 bits per heavy atom. The number of rotatable bonds is 3. The van der Waals surface area contributed by atoms with Gasteiger partial charge in [-0.15, -0.1) is 0 Å². The van der Waals surface area contributed by atoms with Crippen molar-refractivity contribution in [1.29, 1.82) is 0 Å². The van der Waals surface area contributed by atoms with Crippen molar-refractivity contribution in [3.63, 3.8) is 0 Å². The molecular weight excluding hydrogens is 365 g/mol. The number of hydrogen-bond acceptors (Lipinski definition) is 2. The fraction of sp³-hybridized carbons (Fsp3) is 0.0769. The Bertz CT molecular complexity index is 523. The van der Waals surface area contributed by atoms with Gasteiger partial charge in [0.15, 0.2) is 0 Å². The lowest BCUT2D eigenvalue weighted by atomic mass is 10.2. The van der Waals surface area contributed by atoms with Gasteiger partial charge in [-0.1, -0.05) is 22.0 Å². The molecule has 2 rings (SSSR count). The summed E-state index contributed by atoms with van der Waals surface area (Å²) < 4.78 is 20.8. The summed E-state index contributed by atoms with van der Waals surface area (Å²) in [6, 6.07) is 10.1. The molecular formula is C13H10Br2FNO. The summed E-state index contributed by atoms with van der Waals surface area (Å²) >= 11 is 6.73. The molecule has 0 unspecified atom stereocenters. The summed E-state index contributed by atoms with van der Waals surface area (Å²) in [5, 5.41) is 0. The zero-order chi connectivity index (χ0) is 13.1. The number of nitrogen functional groups attached to an aromatic ring is 1. The van der Waals surface area contributed by atoms with E-state index in [-0.39, 0.29) is 12.4 Å². The molecule has 0 saturated heterocycles. The molecule has 0 atom stereocenters. The highest BCUT2D eigenvalue weighted by Gasteiger charge is 2.06. The van der Waals surface area contributed by atoms with Crippen LogP contribution in [0.5, 0.6) is 5.75 Å². The molecule has 0 saturated carbocycles. The summed E-state index contributed by atoms with van der Waals surface area (Å²) in [7, 11) is 0. The van der Waals surface area contributed by atoms with Crippen LogP contribution in [0.3, 0.4) is 0 Å². The van der Waals surface area contributed by atoms with Gasteiger partial charge >= 0.3 is 0 Å². The van der Waals surface area contributed by atoms with E-state index in [1.165, 1.54) is 6.07 Å². The third-order valence-electron chi connectivity index (χ3n) is 2.35. The van der Waals surface area contributed by atoms with Crippen LogP contribution in [0.25, 0.3) is 0 Å². The van der Waals surface area contributed by atoms with Crippen molar-refractivity contribution in [2.24, 2.45) is 0 Å². The lowest BCUT2D eigenvalue weighted by Crippen LogP contribution is -2.00. The zero-order valence-corrected chi connectivity index (χ0v) is 12.5. The monoisotopic (exact) mass is 373 g/mol. The van der Waals surface area contributed by atoms with Gasteiger partial charge in [0.2, 0.25) is 0 Å². The van der Waals surface area contributed by atoms with Crippen LogP contribution in [0.15, 0.2) is 45.3 Å². The van der Waals surface area contributed by atoms with Gasteiger partial charge in [0.05, 0.1) is 4.47 Å². The van der Waals surface area contributed by atoms with Crippen molar-refractivity contribution in [3.8, 4) is 5.75 Å². The molecule has 0 aliphatic heterocycles. The fourth-order valence-electron chi connectivity index (χ4n) is 1.43. The van der Waals surface area contributed by atoms with Gasteiger partial charge in [-0.25, -0.2) is 4.39 Å². The van der Waals surface area contributed by atoms with E-state index in [2.05, 4.69) is 31.9 Å². The summed E-state index contributed by atoms with van der Waals surface area (Å²) in [4.78, 5) is 0. The number of halogens is 3. The van der Waals surface area contributed by atoms with Crippen LogP contribution in [-0.2, 0) is 6.61 Å². The standard InChI is InChI=1S/C13H10Br2FNO/c14-9-2-4-13(11(15)5-9)18-7-8-1-3-10(17)6-12(8)16/h1-6H,7,17H2. The highest BCUT2D eigenvalue weighted by atomic mass is 79.9. The predicted octanol–water partition coefficient (Wildman–Crippen LogP) is 4.51. The third-order valence-corrected chi connectivity index (χ3v) is 3.47. The van der Waals surface area contributed by atoms with Crippen LogP contribution in [0.4, 0.5) is 10.1 Å². The lowest BCUT2D eigenvalue weighted by molar-refractivity contribution is 0.298. The first-order valence-electron chi connectivity index (χ1n) is 5.18. The van der Waals surface area contributed by atoms with Crippen molar-refractivity contribution in [3.05, 3.63) is 56.7 Å². The smallest absolute Gasteiger partial charge is 0.134 e. The molecule has 0 fully saturated rings. The molecule has 5 heteroatoms. The van der Waals surface area contributed by atoms with Crippen molar-refractivity contribution < 1.29 is 9.13 Å². The second-order valence-electron chi connectivity index (χ2n) is 3.71. The zero-order valence-electron chi connectivity index (χ0n) is 9.29. The molecule has 0 amide bonds. The highest BCUT2D eigenvalue weighted by molar-refractivity contribution is 9.11. The molecule has 0 radical (unpaired) electrons. The first kappa shape index (κ1) is 13.4. The summed E-state index contributed by atoms with van der Waals surface area (Å²) in [6.07, 6.45) is 0. The molecule has 2 aromatic rings. The van der Waals surface area contributed by atoms with Gasteiger partial charge in [-0.2, -0.15) is 0 Å². The van der Waals surface area contributed by atoms with Crippen LogP contribution >= 0.6 is 31.9 Å². The van der Waals surface area contributed by atoms with E-state index < -0.39 is 0 Å². The molecule has 2 aromatic carbocycles. The van der Waals surface area contributed by atoms with Gasteiger partial charge < -0.3 is 10.5 Å². The minimum absolute atomic E-state index is 0.159. The first-order valence-corrected chi connectivity index (χ1v) is 6.76. The Hall–Kier alpha value is -1.07. The lowest BCUT2D eigenvalue weighted by Gasteiger charge is -2.09. The molecule has 0 aliphatic carbocycles. The number of nitrogens with two attached hydrogens (primary N) is 1. The maximum atomic E-state index is 13.5. The Morgan fingerprint density at radius 2 is 1.89 bits per heavy atom. The Balaban J connectivity index is 2.11. The quantitative estimate of drug-likeness (QED) is 0.802. The summed E-state index contributed by atoms with van der Waals surface area (Å²) in [5.41, 5.74) is 6.36. The van der Waals surface area contributed by atoms with E-state index in [1.54, 1.807) is 12.1 Å². The van der Waals surface area contributed by atoms with Crippen LogP contribution in [-0.4, -0.2) is 0 Å². The summed E-state index contributed by atoms with van der Waals surface area (Å²) in [5.74, 6) is 0.303. The van der Waals surface area contributed by atoms with Gasteiger partial charge in [0.25, 0.3) is 0 Å². The number of ether oxygens (including phenoxy) is 1. The SMILES string of the molecule is Nc1ccc(COc2ccc(Br)cc2Br)c(F)c1. The fourth-order valence-corrected chi connectivity index (χ4v) is 2.59. The third kappa shape index (κ3) is 3.23. The van der Waals surface area contributed by atoms with Gasteiger partial charge in [0, 0.05) is 15.7 Å². The average molecular weight is 375 g/mol. The second-order valence-corrected chi connectivity index (χ2v) is 5.48. The van der Waals surface area contributed by atoms with Crippen molar-refractivity contribution in [2.45, 2.75) is 6.61 Å². The van der Waals surface area contributed by atoms with E-state index in [1.807, 2.05) is 18.2 Å². The van der Waals surface area contributed by atoms with E-state index in [9.17, 15) is 4.39 Å². The van der Waals surface area contributed by atoms with Crippen molar-refractivity contribution >= 4 is 37.5 Å². The maximum Gasteiger partial charge on any atom is 0.134 e. The number of benzene rings is 2. The van der Waals surface area contributed by atoms with Crippen LogP contribution in [0.2, 0.25) is 0 Å². The molecule has 0 spiro atoms. The van der Waals surface area contributed by atoms with E-state index >= 15 is 0 Å². The minimum Gasteiger partial charge on any atom is -0.488 e. The largest absolute Gasteiger partial charge is 0.488 e. The molecule has 18 heavy (non-hydrogen) atoms. The van der Waals surface area contributed by atoms with Crippen LogP contribution < -0.4 is 10.5 Å². The number of anilines is 1. The summed E-state index contributed by atoms with van der Waals surface area (Å²) in [6.45, 7) is 0.159. The molecule has 94 valence electrons. The van der Waals surface area contributed by atoms with Gasteiger partial charge in [0.1, 0.15) is 18.2 Å². The maximum absolute atomic E-state index is 13.5. The topological polar surface area (TPSA) is 35.2 Å². The van der Waals surface area contributed by atoms with Gasteiger partial charge in [-0.05, 0) is 46.3 Å². The Morgan fingerprint density at radius 1 is 1.11 bits per heavy atom. The Labute approximate surface area is 121 Å². The van der Waals surface area contributed by atoms with Crippen LogP contribution in [0.1, 0.15) is 5.56 Å². The number of hydrogen-bond donors (Lipinski definition) is 1. The average Bonchev–Trinajstić information content (AvgIpc) is 2.30. The Kier molecular flexibility index (Phi) is 4.24. The van der Waals surface area contributed by atoms with Crippen LogP contribution in [0, 0.1) is 5.82 Å². The molecule has 0 aromatic heterocycles. The normalized spacial score (nSPS) is 10.4. The molecule has 0 bridgehead atoms. The minimum atomic E-state index is -0.358. The highest BCUT2D eigenvalue weighted by Crippen LogP contribution is 2.29. The van der Waals surface area contributed by atoms with E-state index in [0.29, 0.717) is 17.0 Å². The van der Waals surface area contributed by atoms with Gasteiger partial charge in [-0.3, -0.25) is 0 Å².